The van der Waals surface area contributed by atoms with Gasteiger partial charge in [-0.15, -0.1) is 5.10 Å². The molecule has 3 rings (SSSR count). The molecule has 0 spiro atoms. The lowest BCUT2D eigenvalue weighted by atomic mass is 10.1. The van der Waals surface area contributed by atoms with Crippen LogP contribution in [0.3, 0.4) is 0 Å². The van der Waals surface area contributed by atoms with E-state index in [1.807, 2.05) is 31.2 Å². The summed E-state index contributed by atoms with van der Waals surface area (Å²) in [4.78, 5) is 18.7. The minimum Gasteiger partial charge on any atom is -0.475 e. The lowest BCUT2D eigenvalue weighted by Gasteiger charge is -2.01. The number of hydrogen-bond donors (Lipinski definition) is 1. The van der Waals surface area contributed by atoms with Gasteiger partial charge in [0, 0.05) is 18.0 Å². The number of carboxylic acid groups (broad SMARTS) is 1. The van der Waals surface area contributed by atoms with Gasteiger partial charge in [0.1, 0.15) is 0 Å². The third-order valence-corrected chi connectivity index (χ3v) is 2.77. The first-order chi connectivity index (χ1) is 9.13. The minimum atomic E-state index is -1.16. The zero-order valence-electron chi connectivity index (χ0n) is 10.1. The Balaban J connectivity index is 2.10. The van der Waals surface area contributed by atoms with Crippen LogP contribution < -0.4 is 0 Å². The van der Waals surface area contributed by atoms with E-state index in [-0.39, 0.29) is 11.6 Å². The standard InChI is InChI=1S/C13H10N4O2/c1-8-2-4-9(5-3-8)10-6-14-13-15-11(12(18)19)16-17(13)7-10/h2-7H,1H3,(H,18,19). The Morgan fingerprint density at radius 1 is 1.21 bits per heavy atom. The summed E-state index contributed by atoms with van der Waals surface area (Å²) in [5.74, 6) is -1.15. The van der Waals surface area contributed by atoms with E-state index in [4.69, 9.17) is 5.11 Å². The lowest BCUT2D eigenvalue weighted by molar-refractivity contribution is 0.0684. The molecule has 0 saturated carbocycles. The third kappa shape index (κ3) is 2.03. The van der Waals surface area contributed by atoms with E-state index in [1.165, 1.54) is 10.1 Å². The molecule has 1 N–H and O–H groups in total. The molecule has 0 aliphatic carbocycles. The molecule has 3 aromatic rings. The van der Waals surface area contributed by atoms with Crippen LogP contribution in [0.2, 0.25) is 0 Å². The van der Waals surface area contributed by atoms with Crippen LogP contribution in [-0.4, -0.2) is 30.7 Å². The zero-order chi connectivity index (χ0) is 13.4. The first-order valence-corrected chi connectivity index (χ1v) is 5.66. The maximum atomic E-state index is 10.8. The molecule has 0 radical (unpaired) electrons. The molecule has 94 valence electrons. The number of fused-ring (bicyclic) bond motifs is 1. The minimum absolute atomic E-state index is 0.256. The molecule has 0 aliphatic rings. The van der Waals surface area contributed by atoms with Crippen molar-refractivity contribution in [2.75, 3.05) is 0 Å². The summed E-state index contributed by atoms with van der Waals surface area (Å²) in [5, 5.41) is 12.7. The third-order valence-electron chi connectivity index (χ3n) is 2.77. The lowest BCUT2D eigenvalue weighted by Crippen LogP contribution is -1.99. The Labute approximate surface area is 108 Å². The maximum Gasteiger partial charge on any atom is 0.375 e. The number of aromatic carboxylic acids is 1. The van der Waals surface area contributed by atoms with E-state index < -0.39 is 5.97 Å². The maximum absolute atomic E-state index is 10.8. The fraction of sp³-hybridized carbons (Fsp3) is 0.0769. The van der Waals surface area contributed by atoms with Crippen LogP contribution in [0, 0.1) is 6.92 Å². The summed E-state index contributed by atoms with van der Waals surface area (Å²) in [6, 6.07) is 7.97. The number of carbonyl (C=O) groups is 1. The molecule has 0 unspecified atom stereocenters. The van der Waals surface area contributed by atoms with Gasteiger partial charge < -0.3 is 5.11 Å². The van der Waals surface area contributed by atoms with Crippen molar-refractivity contribution in [1.29, 1.82) is 0 Å². The molecule has 0 fully saturated rings. The molecular weight excluding hydrogens is 244 g/mol. The monoisotopic (exact) mass is 254 g/mol. The highest BCUT2D eigenvalue weighted by atomic mass is 16.4. The van der Waals surface area contributed by atoms with Crippen molar-refractivity contribution in [1.82, 2.24) is 19.6 Å². The summed E-state index contributed by atoms with van der Waals surface area (Å²) < 4.78 is 1.37. The molecule has 0 amide bonds. The molecule has 0 saturated heterocycles. The summed E-state index contributed by atoms with van der Waals surface area (Å²) in [7, 11) is 0. The zero-order valence-corrected chi connectivity index (χ0v) is 10.1. The molecule has 0 bridgehead atoms. The number of nitrogens with zero attached hydrogens (tertiary/aromatic N) is 4. The van der Waals surface area contributed by atoms with Crippen molar-refractivity contribution in [2.24, 2.45) is 0 Å². The fourth-order valence-electron chi connectivity index (χ4n) is 1.77. The van der Waals surface area contributed by atoms with Gasteiger partial charge in [-0.25, -0.2) is 14.3 Å². The Morgan fingerprint density at radius 2 is 1.95 bits per heavy atom. The topological polar surface area (TPSA) is 80.4 Å². The van der Waals surface area contributed by atoms with Crippen LogP contribution in [0.5, 0.6) is 0 Å². The second-order valence-corrected chi connectivity index (χ2v) is 4.19. The second kappa shape index (κ2) is 4.16. The van der Waals surface area contributed by atoms with Gasteiger partial charge in [-0.2, -0.15) is 4.98 Å². The van der Waals surface area contributed by atoms with E-state index in [0.29, 0.717) is 0 Å². The van der Waals surface area contributed by atoms with E-state index in [1.54, 1.807) is 12.4 Å². The van der Waals surface area contributed by atoms with Crippen LogP contribution in [0.15, 0.2) is 36.7 Å². The average molecular weight is 254 g/mol. The smallest absolute Gasteiger partial charge is 0.375 e. The largest absolute Gasteiger partial charge is 0.475 e. The van der Waals surface area contributed by atoms with Gasteiger partial charge >= 0.3 is 5.97 Å². The Hall–Kier alpha value is -2.76. The summed E-state index contributed by atoms with van der Waals surface area (Å²) in [6.45, 7) is 2.02. The summed E-state index contributed by atoms with van der Waals surface area (Å²) >= 11 is 0. The molecule has 19 heavy (non-hydrogen) atoms. The van der Waals surface area contributed by atoms with Crippen LogP contribution in [0.1, 0.15) is 16.2 Å². The number of aromatic nitrogens is 4. The Morgan fingerprint density at radius 3 is 2.63 bits per heavy atom. The highest BCUT2D eigenvalue weighted by Gasteiger charge is 2.12. The average Bonchev–Trinajstić information content (AvgIpc) is 2.82. The highest BCUT2D eigenvalue weighted by Crippen LogP contribution is 2.18. The molecule has 6 heteroatoms. The van der Waals surface area contributed by atoms with Crippen LogP contribution in [-0.2, 0) is 0 Å². The van der Waals surface area contributed by atoms with E-state index in [0.717, 1.165) is 11.1 Å². The number of hydrogen-bond acceptors (Lipinski definition) is 4. The SMILES string of the molecule is Cc1ccc(-c2cnc3nc(C(=O)O)nn3c2)cc1. The first-order valence-electron chi connectivity index (χ1n) is 5.66. The Kier molecular flexibility index (Phi) is 2.49. The molecule has 1 aromatic carbocycles. The molecular formula is C13H10N4O2. The molecule has 2 heterocycles. The van der Waals surface area contributed by atoms with Crippen molar-refractivity contribution in [2.45, 2.75) is 6.92 Å². The number of rotatable bonds is 2. The number of aryl methyl sites for hydroxylation is 1. The highest BCUT2D eigenvalue weighted by molar-refractivity contribution is 5.83. The van der Waals surface area contributed by atoms with Crippen molar-refractivity contribution < 1.29 is 9.90 Å². The number of carboxylic acids is 1. The number of benzene rings is 1. The van der Waals surface area contributed by atoms with Crippen molar-refractivity contribution in [3.8, 4) is 11.1 Å². The predicted octanol–water partition coefficient (Wildman–Crippen LogP) is 1.80. The van der Waals surface area contributed by atoms with Crippen molar-refractivity contribution in [3.05, 3.63) is 48.0 Å². The second-order valence-electron chi connectivity index (χ2n) is 4.19. The molecule has 2 aromatic heterocycles. The molecule has 0 aliphatic heterocycles. The van der Waals surface area contributed by atoms with Crippen LogP contribution >= 0.6 is 0 Å². The normalized spacial score (nSPS) is 10.8. The summed E-state index contributed by atoms with van der Waals surface area (Å²) in [5.41, 5.74) is 3.02. The van der Waals surface area contributed by atoms with Crippen LogP contribution in [0.4, 0.5) is 0 Å². The first kappa shape index (κ1) is 11.3. The predicted molar refractivity (Wildman–Crippen MR) is 67.9 cm³/mol. The van der Waals surface area contributed by atoms with Gasteiger partial charge in [0.25, 0.3) is 11.6 Å². The van der Waals surface area contributed by atoms with Crippen molar-refractivity contribution >= 4 is 11.7 Å². The van der Waals surface area contributed by atoms with Gasteiger partial charge in [0.15, 0.2) is 0 Å². The Bertz CT molecular complexity index is 762. The van der Waals surface area contributed by atoms with Gasteiger partial charge in [0.05, 0.1) is 0 Å². The van der Waals surface area contributed by atoms with Gasteiger partial charge in [-0.1, -0.05) is 29.8 Å². The summed E-state index contributed by atoms with van der Waals surface area (Å²) in [6.07, 6.45) is 3.37. The van der Waals surface area contributed by atoms with E-state index in [9.17, 15) is 4.79 Å². The van der Waals surface area contributed by atoms with Gasteiger partial charge in [0.2, 0.25) is 0 Å². The molecule has 6 nitrogen and oxygen atoms in total. The van der Waals surface area contributed by atoms with Crippen molar-refractivity contribution in [3.63, 3.8) is 0 Å². The van der Waals surface area contributed by atoms with Gasteiger partial charge in [-0.05, 0) is 12.5 Å². The van der Waals surface area contributed by atoms with E-state index >= 15 is 0 Å². The quantitative estimate of drug-likeness (QED) is 0.754. The molecule has 0 atom stereocenters. The fourth-order valence-corrected chi connectivity index (χ4v) is 1.77. The van der Waals surface area contributed by atoms with E-state index in [2.05, 4.69) is 15.1 Å². The van der Waals surface area contributed by atoms with Crippen LogP contribution in [0.25, 0.3) is 16.9 Å². The van der Waals surface area contributed by atoms with Gasteiger partial charge in [-0.3, -0.25) is 0 Å².